The molecule has 0 aliphatic heterocycles. The highest BCUT2D eigenvalue weighted by Gasteiger charge is 2.25. The molecule has 3 rings (SSSR count). The van der Waals surface area contributed by atoms with Crippen molar-refractivity contribution in [2.24, 2.45) is 5.73 Å². The van der Waals surface area contributed by atoms with E-state index in [4.69, 9.17) is 14.9 Å². The van der Waals surface area contributed by atoms with Crippen LogP contribution in [0.4, 0.5) is 0 Å². The average Bonchev–Trinajstić information content (AvgIpc) is 3.10. The molecule has 33 heavy (non-hydrogen) atoms. The number of rotatable bonds is 9. The van der Waals surface area contributed by atoms with Gasteiger partial charge in [-0.25, -0.2) is 0 Å². The van der Waals surface area contributed by atoms with Crippen LogP contribution in [0.25, 0.3) is 11.0 Å². The van der Waals surface area contributed by atoms with Crippen LogP contribution >= 0.6 is 45.2 Å². The topological polar surface area (TPSA) is 140 Å². The molecule has 0 saturated heterocycles. The second-order valence-corrected chi connectivity index (χ2v) is 9.70. The number of aromatic hydroxyl groups is 2. The van der Waals surface area contributed by atoms with E-state index in [2.05, 4.69) is 0 Å². The number of fused-ring (bicyclic) bond motifs is 1. The van der Waals surface area contributed by atoms with Crippen molar-refractivity contribution < 1.29 is 33.8 Å². The quantitative estimate of drug-likeness (QED) is 0.128. The molecule has 0 bridgehead atoms. The fraction of sp³-hybridized carbons (Fsp3) is 0.261. The highest BCUT2D eigenvalue weighted by Crippen LogP contribution is 2.38. The van der Waals surface area contributed by atoms with E-state index in [0.29, 0.717) is 24.5 Å². The summed E-state index contributed by atoms with van der Waals surface area (Å²) < 4.78 is 12.1. The summed E-state index contributed by atoms with van der Waals surface area (Å²) in [5.41, 5.74) is 5.97. The number of phenolic OH excluding ortho intramolecular Hbond substituents is 2. The van der Waals surface area contributed by atoms with E-state index in [-0.39, 0.29) is 53.4 Å². The highest BCUT2D eigenvalue weighted by atomic mass is 127. The van der Waals surface area contributed by atoms with Gasteiger partial charge in [0.2, 0.25) is 5.91 Å². The van der Waals surface area contributed by atoms with Gasteiger partial charge in [-0.2, -0.15) is 0 Å². The molecule has 0 atom stereocenters. The van der Waals surface area contributed by atoms with Gasteiger partial charge in [-0.1, -0.05) is 13.3 Å². The molecule has 174 valence electrons. The molecule has 0 saturated carbocycles. The smallest absolute Gasteiger partial charge is 0.311 e. The fourth-order valence-corrected chi connectivity index (χ4v) is 5.01. The average molecular weight is 677 g/mol. The first-order valence-electron chi connectivity index (χ1n) is 10.1. The Morgan fingerprint density at radius 3 is 2.33 bits per heavy atom. The number of carbonyl (C=O) groups excluding carboxylic acids is 3. The molecule has 0 radical (unpaired) electrons. The first-order valence-corrected chi connectivity index (χ1v) is 12.3. The van der Waals surface area contributed by atoms with E-state index in [0.717, 1.165) is 6.42 Å². The van der Waals surface area contributed by atoms with E-state index in [9.17, 15) is 24.6 Å². The minimum atomic E-state index is -0.559. The number of ketones is 1. The zero-order valence-electron chi connectivity index (χ0n) is 17.6. The number of nitrogens with two attached hydrogens (primary N) is 1. The standard InChI is InChI=1S/C23H21I2NO7/c1-2-3-4-20(29)33-18-10-17-12(9-15(18)27)21(16(32-17)5-6-19(26)28)22(30)11-7-13(24)23(31)14(25)8-11/h7-10,27,31H,2-6H2,1H3,(H2,26,28). The molecule has 1 heterocycles. The normalized spacial score (nSPS) is 11.0. The number of hydrogen-bond acceptors (Lipinski definition) is 7. The number of amides is 1. The summed E-state index contributed by atoms with van der Waals surface area (Å²) in [6.07, 6.45) is 1.71. The van der Waals surface area contributed by atoms with Gasteiger partial charge in [0.15, 0.2) is 17.3 Å². The lowest BCUT2D eigenvalue weighted by Crippen LogP contribution is -2.12. The van der Waals surface area contributed by atoms with Gasteiger partial charge in [-0.05, 0) is 69.8 Å². The highest BCUT2D eigenvalue weighted by molar-refractivity contribution is 14.1. The molecule has 2 aromatic carbocycles. The molecule has 0 spiro atoms. The van der Waals surface area contributed by atoms with Crippen molar-refractivity contribution in [2.45, 2.75) is 39.0 Å². The first kappa shape index (κ1) is 25.3. The molecule has 0 aliphatic rings. The van der Waals surface area contributed by atoms with Crippen LogP contribution in [0, 0.1) is 7.14 Å². The van der Waals surface area contributed by atoms with Crippen molar-refractivity contribution >= 4 is 73.8 Å². The Hall–Kier alpha value is -2.35. The lowest BCUT2D eigenvalue weighted by atomic mass is 9.98. The van der Waals surface area contributed by atoms with E-state index in [1.807, 2.05) is 52.1 Å². The number of primary amides is 1. The van der Waals surface area contributed by atoms with E-state index < -0.39 is 17.7 Å². The van der Waals surface area contributed by atoms with E-state index in [1.54, 1.807) is 12.1 Å². The van der Waals surface area contributed by atoms with Crippen LogP contribution in [0.5, 0.6) is 17.2 Å². The number of ether oxygens (including phenoxy) is 1. The number of aryl methyl sites for hydroxylation is 1. The Balaban J connectivity index is 2.10. The van der Waals surface area contributed by atoms with Crippen molar-refractivity contribution in [1.29, 1.82) is 0 Å². The predicted molar refractivity (Wildman–Crippen MR) is 138 cm³/mol. The molecule has 4 N–H and O–H groups in total. The van der Waals surface area contributed by atoms with Crippen LogP contribution in [0.15, 0.2) is 28.7 Å². The van der Waals surface area contributed by atoms with Gasteiger partial charge in [-0.15, -0.1) is 0 Å². The third kappa shape index (κ3) is 5.78. The maximum absolute atomic E-state index is 13.5. The van der Waals surface area contributed by atoms with Crippen molar-refractivity contribution in [3.63, 3.8) is 0 Å². The molecule has 1 amide bonds. The van der Waals surface area contributed by atoms with Gasteiger partial charge in [0.05, 0.1) is 12.7 Å². The molecule has 0 aliphatic carbocycles. The maximum atomic E-state index is 13.5. The number of carbonyl (C=O) groups is 3. The maximum Gasteiger partial charge on any atom is 0.311 e. The van der Waals surface area contributed by atoms with E-state index >= 15 is 0 Å². The predicted octanol–water partition coefficient (Wildman–Crippen LogP) is 4.80. The Morgan fingerprint density at radius 1 is 1.06 bits per heavy atom. The minimum absolute atomic E-state index is 0.0460. The van der Waals surface area contributed by atoms with Crippen LogP contribution < -0.4 is 10.5 Å². The van der Waals surface area contributed by atoms with Crippen LogP contribution in [-0.2, 0) is 16.0 Å². The van der Waals surface area contributed by atoms with Crippen molar-refractivity contribution in [3.8, 4) is 17.2 Å². The van der Waals surface area contributed by atoms with Gasteiger partial charge in [0.1, 0.15) is 17.1 Å². The lowest BCUT2D eigenvalue weighted by molar-refractivity contribution is -0.134. The molecule has 10 heteroatoms. The second-order valence-electron chi connectivity index (χ2n) is 7.38. The molecule has 8 nitrogen and oxygen atoms in total. The van der Waals surface area contributed by atoms with E-state index in [1.165, 1.54) is 12.1 Å². The Morgan fingerprint density at radius 2 is 1.73 bits per heavy atom. The summed E-state index contributed by atoms with van der Waals surface area (Å²) in [4.78, 5) is 36.8. The fourth-order valence-electron chi connectivity index (χ4n) is 3.24. The second kappa shape index (κ2) is 10.7. The lowest BCUT2D eigenvalue weighted by Gasteiger charge is -2.08. The number of esters is 1. The molecule has 1 aromatic heterocycles. The number of furan rings is 1. The summed E-state index contributed by atoms with van der Waals surface area (Å²) in [5, 5.41) is 20.8. The van der Waals surface area contributed by atoms with Gasteiger partial charge in [-0.3, -0.25) is 14.4 Å². The van der Waals surface area contributed by atoms with Crippen molar-refractivity contribution in [2.75, 3.05) is 0 Å². The third-order valence-corrected chi connectivity index (χ3v) is 6.55. The summed E-state index contributed by atoms with van der Waals surface area (Å²) in [6.45, 7) is 1.95. The molecule has 0 unspecified atom stereocenters. The largest absolute Gasteiger partial charge is 0.506 e. The van der Waals surface area contributed by atoms with Gasteiger partial charge in [0, 0.05) is 36.3 Å². The van der Waals surface area contributed by atoms with Crippen LogP contribution in [-0.4, -0.2) is 27.9 Å². The van der Waals surface area contributed by atoms with Crippen LogP contribution in [0.1, 0.15) is 54.3 Å². The van der Waals surface area contributed by atoms with Crippen molar-refractivity contribution in [3.05, 3.63) is 48.3 Å². The summed E-state index contributed by atoms with van der Waals surface area (Å²) in [5.74, 6) is -1.56. The molecular weight excluding hydrogens is 656 g/mol. The van der Waals surface area contributed by atoms with Crippen molar-refractivity contribution in [1.82, 2.24) is 0 Å². The Labute approximate surface area is 216 Å². The molecular formula is C23H21I2NO7. The molecule has 3 aromatic rings. The number of halogens is 2. The molecule has 0 fully saturated rings. The SMILES string of the molecule is CCCCC(=O)Oc1cc2oc(CCC(N)=O)c(C(=O)c3cc(I)c(O)c(I)c3)c2cc1O. The number of benzene rings is 2. The monoisotopic (exact) mass is 677 g/mol. The van der Waals surface area contributed by atoms with Gasteiger partial charge >= 0.3 is 5.97 Å². The van der Waals surface area contributed by atoms with Gasteiger partial charge < -0.3 is 25.1 Å². The Bertz CT molecular complexity index is 1230. The minimum Gasteiger partial charge on any atom is -0.506 e. The zero-order valence-corrected chi connectivity index (χ0v) is 21.9. The summed E-state index contributed by atoms with van der Waals surface area (Å²) in [7, 11) is 0. The Kier molecular flexibility index (Phi) is 8.21. The van der Waals surface area contributed by atoms with Gasteiger partial charge in [0.25, 0.3) is 0 Å². The third-order valence-electron chi connectivity index (χ3n) is 4.91. The number of phenols is 2. The first-order chi connectivity index (χ1) is 15.6. The number of unbranched alkanes of at least 4 members (excludes halogenated alkanes) is 1. The van der Waals surface area contributed by atoms with Crippen LogP contribution in [0.3, 0.4) is 0 Å². The van der Waals surface area contributed by atoms with Crippen LogP contribution in [0.2, 0.25) is 0 Å². The number of hydrogen-bond donors (Lipinski definition) is 3. The summed E-state index contributed by atoms with van der Waals surface area (Å²) >= 11 is 3.86. The zero-order chi connectivity index (χ0) is 24.3. The summed E-state index contributed by atoms with van der Waals surface area (Å²) in [6, 6.07) is 5.74.